The highest BCUT2D eigenvalue weighted by Crippen LogP contribution is 2.38. The topological polar surface area (TPSA) is 58.5 Å². The summed E-state index contributed by atoms with van der Waals surface area (Å²) in [5.41, 5.74) is 4.06. The van der Waals surface area contributed by atoms with E-state index in [1.807, 2.05) is 36.4 Å². The van der Waals surface area contributed by atoms with Crippen molar-refractivity contribution in [3.63, 3.8) is 0 Å². The monoisotopic (exact) mass is 383 g/mol. The van der Waals surface area contributed by atoms with E-state index in [1.54, 1.807) is 35.5 Å². The van der Waals surface area contributed by atoms with Crippen LogP contribution in [0.4, 0.5) is 0 Å². The van der Waals surface area contributed by atoms with Gasteiger partial charge >= 0.3 is 0 Å². The molecule has 0 unspecified atom stereocenters. The van der Waals surface area contributed by atoms with Crippen molar-refractivity contribution in [2.45, 2.75) is 6.42 Å². The summed E-state index contributed by atoms with van der Waals surface area (Å²) >= 11 is 0. The van der Waals surface area contributed by atoms with Gasteiger partial charge in [0.25, 0.3) is 0 Å². The molecule has 0 fully saturated rings. The number of hydrogen-bond acceptors (Lipinski definition) is 6. The lowest BCUT2D eigenvalue weighted by Crippen LogP contribution is -2.11. The number of allylic oxidation sites excluding steroid dienone is 1. The largest absolute Gasteiger partial charge is 0.493 e. The smallest absolute Gasteiger partial charge is 0.203 e. The van der Waals surface area contributed by atoms with Crippen molar-refractivity contribution in [3.8, 4) is 28.7 Å². The second kappa shape index (κ2) is 8.69. The Morgan fingerprint density at radius 1 is 0.714 bits per heavy atom. The molecular formula is C22H25NO5. The number of aliphatic imine (C=N–C) groups is 1. The molecule has 28 heavy (non-hydrogen) atoms. The van der Waals surface area contributed by atoms with Crippen LogP contribution >= 0.6 is 0 Å². The van der Waals surface area contributed by atoms with E-state index < -0.39 is 0 Å². The first-order valence-corrected chi connectivity index (χ1v) is 8.93. The quantitative estimate of drug-likeness (QED) is 0.728. The summed E-state index contributed by atoms with van der Waals surface area (Å²) in [6.07, 6.45) is 4.84. The first-order chi connectivity index (χ1) is 13.6. The molecule has 0 bridgehead atoms. The molecule has 148 valence electrons. The number of ether oxygens (including phenoxy) is 5. The Morgan fingerprint density at radius 3 is 1.89 bits per heavy atom. The zero-order valence-electron chi connectivity index (χ0n) is 16.9. The molecule has 0 radical (unpaired) electrons. The van der Waals surface area contributed by atoms with Crippen molar-refractivity contribution in [2.24, 2.45) is 4.99 Å². The normalized spacial score (nSPS) is 13.0. The summed E-state index contributed by atoms with van der Waals surface area (Å²) in [6, 6.07) is 7.80. The molecule has 0 saturated carbocycles. The molecule has 2 aromatic carbocycles. The maximum absolute atomic E-state index is 5.45. The molecule has 3 rings (SSSR count). The third-order valence-electron chi connectivity index (χ3n) is 4.67. The lowest BCUT2D eigenvalue weighted by atomic mass is 9.96. The summed E-state index contributed by atoms with van der Waals surface area (Å²) in [4.78, 5) is 4.68. The maximum atomic E-state index is 5.45. The number of fused-ring (bicyclic) bond motifs is 1. The zero-order valence-corrected chi connectivity index (χ0v) is 16.9. The lowest BCUT2D eigenvalue weighted by molar-refractivity contribution is 0.324. The van der Waals surface area contributed by atoms with Gasteiger partial charge in [-0.05, 0) is 47.9 Å². The summed E-state index contributed by atoms with van der Waals surface area (Å²) in [7, 11) is 8.07. The standard InChI is InChI=1S/C22H25NO5/c1-24-18-12-15-8-9-23-17(16(15)13-19(18)25-2)7-6-14-10-20(26-3)22(28-5)21(11-14)27-4/h6-7,10-13H,8-9H2,1-5H3/b7-6+. The van der Waals surface area contributed by atoms with Gasteiger partial charge in [0.05, 0.1) is 41.3 Å². The Hall–Kier alpha value is -3.15. The fourth-order valence-electron chi connectivity index (χ4n) is 3.26. The summed E-state index contributed by atoms with van der Waals surface area (Å²) in [5, 5.41) is 0. The van der Waals surface area contributed by atoms with E-state index in [0.717, 1.165) is 35.6 Å². The van der Waals surface area contributed by atoms with Crippen LogP contribution in [0.1, 0.15) is 16.7 Å². The van der Waals surface area contributed by atoms with Crippen molar-refractivity contribution in [1.29, 1.82) is 0 Å². The Morgan fingerprint density at radius 2 is 1.32 bits per heavy atom. The van der Waals surface area contributed by atoms with Gasteiger partial charge in [-0.1, -0.05) is 6.08 Å². The molecule has 0 N–H and O–H groups in total. The van der Waals surface area contributed by atoms with Crippen LogP contribution in [0, 0.1) is 0 Å². The number of rotatable bonds is 7. The molecule has 0 atom stereocenters. The molecule has 0 aromatic heterocycles. The van der Waals surface area contributed by atoms with E-state index in [-0.39, 0.29) is 0 Å². The minimum atomic E-state index is 0.569. The molecular weight excluding hydrogens is 358 g/mol. The average Bonchev–Trinajstić information content (AvgIpc) is 2.75. The van der Waals surface area contributed by atoms with Crippen molar-refractivity contribution < 1.29 is 23.7 Å². The number of methoxy groups -OCH3 is 5. The second-order valence-corrected chi connectivity index (χ2v) is 6.17. The second-order valence-electron chi connectivity index (χ2n) is 6.17. The predicted molar refractivity (Wildman–Crippen MR) is 110 cm³/mol. The van der Waals surface area contributed by atoms with Crippen LogP contribution in [0.2, 0.25) is 0 Å². The highest BCUT2D eigenvalue weighted by molar-refractivity contribution is 6.12. The number of hydrogen-bond donors (Lipinski definition) is 0. The minimum absolute atomic E-state index is 0.569. The van der Waals surface area contributed by atoms with Crippen molar-refractivity contribution in [1.82, 2.24) is 0 Å². The summed E-state index contributed by atoms with van der Waals surface area (Å²) < 4.78 is 27.1. The minimum Gasteiger partial charge on any atom is -0.493 e. The van der Waals surface area contributed by atoms with E-state index in [2.05, 4.69) is 4.99 Å². The number of benzene rings is 2. The third-order valence-corrected chi connectivity index (χ3v) is 4.67. The Bertz CT molecular complexity index is 892. The Kier molecular flexibility index (Phi) is 6.09. The van der Waals surface area contributed by atoms with Gasteiger partial charge in [-0.25, -0.2) is 0 Å². The van der Waals surface area contributed by atoms with Crippen LogP contribution in [0.15, 0.2) is 35.3 Å². The van der Waals surface area contributed by atoms with Gasteiger partial charge in [0, 0.05) is 12.1 Å². The summed E-state index contributed by atoms with van der Waals surface area (Å²) in [6.45, 7) is 0.734. The van der Waals surface area contributed by atoms with Crippen molar-refractivity contribution in [3.05, 3.63) is 47.0 Å². The molecule has 1 heterocycles. The highest BCUT2D eigenvalue weighted by Gasteiger charge is 2.17. The SMILES string of the molecule is COc1cc2c(cc1OC)C(/C=C/c1cc(OC)c(OC)c(OC)c1)=NCC2. The van der Waals surface area contributed by atoms with E-state index >= 15 is 0 Å². The molecule has 6 heteroatoms. The van der Waals surface area contributed by atoms with Gasteiger partial charge in [0.15, 0.2) is 23.0 Å². The fourth-order valence-corrected chi connectivity index (χ4v) is 3.26. The fraction of sp³-hybridized carbons (Fsp3) is 0.318. The van der Waals surface area contributed by atoms with Crippen molar-refractivity contribution >= 4 is 11.8 Å². The van der Waals surface area contributed by atoms with Gasteiger partial charge in [-0.3, -0.25) is 4.99 Å². The molecule has 0 spiro atoms. The van der Waals surface area contributed by atoms with Gasteiger partial charge in [0.2, 0.25) is 5.75 Å². The predicted octanol–water partition coefficient (Wildman–Crippen LogP) is 3.79. The van der Waals surface area contributed by atoms with E-state index in [0.29, 0.717) is 23.0 Å². The zero-order chi connectivity index (χ0) is 20.1. The van der Waals surface area contributed by atoms with Crippen molar-refractivity contribution in [2.75, 3.05) is 42.1 Å². The first kappa shape index (κ1) is 19.6. The Labute approximate surface area is 165 Å². The molecule has 1 aliphatic rings. The van der Waals surface area contributed by atoms with Crippen LogP contribution < -0.4 is 23.7 Å². The molecule has 0 saturated heterocycles. The maximum Gasteiger partial charge on any atom is 0.203 e. The van der Waals surface area contributed by atoms with Gasteiger partial charge in [-0.2, -0.15) is 0 Å². The molecule has 0 aliphatic carbocycles. The molecule has 6 nitrogen and oxygen atoms in total. The van der Waals surface area contributed by atoms with Crippen LogP contribution in [-0.2, 0) is 6.42 Å². The lowest BCUT2D eigenvalue weighted by Gasteiger charge is -2.18. The van der Waals surface area contributed by atoms with Gasteiger partial charge < -0.3 is 23.7 Å². The number of nitrogens with zero attached hydrogens (tertiary/aromatic N) is 1. The third kappa shape index (κ3) is 3.76. The van der Waals surface area contributed by atoms with E-state index in [4.69, 9.17) is 23.7 Å². The highest BCUT2D eigenvalue weighted by atomic mass is 16.5. The molecule has 1 aliphatic heterocycles. The van der Waals surface area contributed by atoms with Gasteiger partial charge in [0.1, 0.15) is 0 Å². The van der Waals surface area contributed by atoms with Crippen LogP contribution in [0.25, 0.3) is 6.08 Å². The van der Waals surface area contributed by atoms with E-state index in [1.165, 1.54) is 5.56 Å². The van der Waals surface area contributed by atoms with E-state index in [9.17, 15) is 0 Å². The molecule has 2 aromatic rings. The van der Waals surface area contributed by atoms with Crippen LogP contribution in [0.5, 0.6) is 28.7 Å². The Balaban J connectivity index is 1.97. The van der Waals surface area contributed by atoms with Gasteiger partial charge in [-0.15, -0.1) is 0 Å². The van der Waals surface area contributed by atoms with Crippen LogP contribution in [0.3, 0.4) is 0 Å². The first-order valence-electron chi connectivity index (χ1n) is 8.93. The van der Waals surface area contributed by atoms with Crippen LogP contribution in [-0.4, -0.2) is 47.8 Å². The average molecular weight is 383 g/mol. The summed E-state index contributed by atoms with van der Waals surface area (Å²) in [5.74, 6) is 3.21. The molecule has 0 amide bonds.